The molecule has 0 fully saturated rings. The zero-order valence-corrected chi connectivity index (χ0v) is 17.3. The van der Waals surface area contributed by atoms with Crippen LogP contribution in [0.5, 0.6) is 5.75 Å². The molecule has 0 radical (unpaired) electrons. The van der Waals surface area contributed by atoms with Crippen LogP contribution in [-0.4, -0.2) is 23.8 Å². The Morgan fingerprint density at radius 1 is 1.17 bits per heavy atom. The first-order chi connectivity index (χ1) is 13.3. The van der Waals surface area contributed by atoms with Gasteiger partial charge < -0.3 is 9.47 Å². The molecule has 0 atom stereocenters. The summed E-state index contributed by atoms with van der Waals surface area (Å²) in [5.41, 5.74) is 0.412. The van der Waals surface area contributed by atoms with Crippen molar-refractivity contribution in [2.75, 3.05) is 12.0 Å². The third kappa shape index (κ3) is 5.62. The lowest BCUT2D eigenvalue weighted by molar-refractivity contribution is -0.137. The van der Waals surface area contributed by atoms with E-state index in [-0.39, 0.29) is 12.2 Å². The number of aryl methyl sites for hydroxylation is 1. The zero-order valence-electron chi connectivity index (χ0n) is 17.3. The fourth-order valence-electron chi connectivity index (χ4n) is 2.81. The quantitative estimate of drug-likeness (QED) is 0.652. The number of ether oxygens (including phenoxy) is 2. The van der Waals surface area contributed by atoms with Crippen LogP contribution < -0.4 is 9.64 Å². The molecule has 1 aromatic heterocycles. The topological polar surface area (TPSA) is 51.7 Å². The average molecular weight is 410 g/mol. The number of nitrogens with zero attached hydrogens (tertiary/aromatic N) is 2. The normalized spacial score (nSPS) is 11.9. The first-order valence-electron chi connectivity index (χ1n) is 9.00. The molecule has 0 aliphatic carbocycles. The molecular weight excluding hydrogens is 385 g/mol. The standard InChI is InChI=1S/C21H25F3N2O3/c1-13-11-25-17(14(2)18(13)28-6)12-26(19(27)29-20(3,4)5)16-9-7-8-15(10-16)21(22,23)24/h7-11H,12H2,1-6H3. The smallest absolute Gasteiger partial charge is 0.416 e. The second-order valence-electron chi connectivity index (χ2n) is 7.66. The number of hydrogen-bond acceptors (Lipinski definition) is 4. The molecular formula is C21H25F3N2O3. The van der Waals surface area contributed by atoms with Crippen LogP contribution in [0.2, 0.25) is 0 Å². The third-order valence-electron chi connectivity index (χ3n) is 4.16. The van der Waals surface area contributed by atoms with Crippen LogP contribution >= 0.6 is 0 Å². The van der Waals surface area contributed by atoms with Crippen molar-refractivity contribution in [1.82, 2.24) is 4.98 Å². The molecule has 2 rings (SSSR count). The van der Waals surface area contributed by atoms with Gasteiger partial charge in [0.2, 0.25) is 0 Å². The number of rotatable bonds is 4. The van der Waals surface area contributed by atoms with E-state index in [9.17, 15) is 18.0 Å². The van der Waals surface area contributed by atoms with E-state index in [0.717, 1.165) is 22.6 Å². The Labute approximate surface area is 168 Å². The number of methoxy groups -OCH3 is 1. The van der Waals surface area contributed by atoms with Gasteiger partial charge in [0.05, 0.1) is 24.9 Å². The van der Waals surface area contributed by atoms with E-state index in [1.165, 1.54) is 19.2 Å². The predicted molar refractivity (Wildman–Crippen MR) is 104 cm³/mol. The molecule has 1 heterocycles. The van der Waals surface area contributed by atoms with Crippen LogP contribution in [-0.2, 0) is 17.5 Å². The summed E-state index contributed by atoms with van der Waals surface area (Å²) in [4.78, 5) is 18.3. The van der Waals surface area contributed by atoms with E-state index in [1.807, 2.05) is 6.92 Å². The van der Waals surface area contributed by atoms with E-state index in [0.29, 0.717) is 17.0 Å². The minimum absolute atomic E-state index is 0.0646. The summed E-state index contributed by atoms with van der Waals surface area (Å²) in [5.74, 6) is 0.614. The number of pyridine rings is 1. The van der Waals surface area contributed by atoms with E-state index in [2.05, 4.69) is 4.98 Å². The van der Waals surface area contributed by atoms with Crippen molar-refractivity contribution >= 4 is 11.8 Å². The summed E-state index contributed by atoms with van der Waals surface area (Å²) in [7, 11) is 1.53. The first-order valence-corrected chi connectivity index (χ1v) is 9.00. The number of benzene rings is 1. The second kappa shape index (κ2) is 8.31. The van der Waals surface area contributed by atoms with Gasteiger partial charge in [0.15, 0.2) is 0 Å². The maximum Gasteiger partial charge on any atom is 0.416 e. The van der Waals surface area contributed by atoms with Gasteiger partial charge in [-0.3, -0.25) is 9.88 Å². The summed E-state index contributed by atoms with van der Waals surface area (Å²) < 4.78 is 50.3. The van der Waals surface area contributed by atoms with Crippen molar-refractivity contribution in [1.29, 1.82) is 0 Å². The predicted octanol–water partition coefficient (Wildman–Crippen LogP) is 5.67. The number of alkyl halides is 3. The molecule has 1 aromatic carbocycles. The maximum atomic E-state index is 13.2. The Bertz CT molecular complexity index is 890. The van der Waals surface area contributed by atoms with Crippen molar-refractivity contribution in [3.63, 3.8) is 0 Å². The molecule has 0 aliphatic rings. The number of aromatic nitrogens is 1. The van der Waals surface area contributed by atoms with E-state index < -0.39 is 23.4 Å². The van der Waals surface area contributed by atoms with Crippen LogP contribution in [0.4, 0.5) is 23.7 Å². The lowest BCUT2D eigenvalue weighted by Crippen LogP contribution is -2.37. The summed E-state index contributed by atoms with van der Waals surface area (Å²) in [6, 6.07) is 4.56. The molecule has 0 saturated heterocycles. The molecule has 1 amide bonds. The van der Waals surface area contributed by atoms with E-state index >= 15 is 0 Å². The number of anilines is 1. The summed E-state index contributed by atoms with van der Waals surface area (Å²) >= 11 is 0. The lowest BCUT2D eigenvalue weighted by atomic mass is 10.1. The van der Waals surface area contributed by atoms with Crippen molar-refractivity contribution in [3.8, 4) is 5.75 Å². The van der Waals surface area contributed by atoms with Gasteiger partial charge in [-0.1, -0.05) is 6.07 Å². The van der Waals surface area contributed by atoms with E-state index in [4.69, 9.17) is 9.47 Å². The molecule has 0 unspecified atom stereocenters. The summed E-state index contributed by atoms with van der Waals surface area (Å²) in [6.07, 6.45) is -3.70. The molecule has 8 heteroatoms. The molecule has 0 bridgehead atoms. The Morgan fingerprint density at radius 2 is 1.83 bits per heavy atom. The van der Waals surface area contributed by atoms with Gasteiger partial charge in [0, 0.05) is 23.0 Å². The van der Waals surface area contributed by atoms with Gasteiger partial charge in [-0.2, -0.15) is 13.2 Å². The van der Waals surface area contributed by atoms with Crippen LogP contribution in [0.15, 0.2) is 30.5 Å². The molecule has 158 valence electrons. The monoisotopic (exact) mass is 410 g/mol. The van der Waals surface area contributed by atoms with Gasteiger partial charge in [-0.25, -0.2) is 4.79 Å². The highest BCUT2D eigenvalue weighted by molar-refractivity contribution is 5.88. The highest BCUT2D eigenvalue weighted by Gasteiger charge is 2.32. The third-order valence-corrected chi connectivity index (χ3v) is 4.16. The number of amides is 1. The van der Waals surface area contributed by atoms with Crippen LogP contribution in [0, 0.1) is 13.8 Å². The van der Waals surface area contributed by atoms with Crippen LogP contribution in [0.1, 0.15) is 43.2 Å². The fourth-order valence-corrected chi connectivity index (χ4v) is 2.81. The largest absolute Gasteiger partial charge is 0.496 e. The minimum Gasteiger partial charge on any atom is -0.496 e. The number of hydrogen-bond donors (Lipinski definition) is 0. The maximum absolute atomic E-state index is 13.2. The molecule has 0 spiro atoms. The Hall–Kier alpha value is -2.77. The van der Waals surface area contributed by atoms with Crippen LogP contribution in [0.25, 0.3) is 0 Å². The summed E-state index contributed by atoms with van der Waals surface area (Å²) in [6.45, 7) is 8.61. The number of halogens is 3. The lowest BCUT2D eigenvalue weighted by Gasteiger charge is -2.28. The molecule has 0 N–H and O–H groups in total. The van der Waals surface area contributed by atoms with E-state index in [1.54, 1.807) is 33.9 Å². The van der Waals surface area contributed by atoms with Gasteiger partial charge in [-0.05, 0) is 52.8 Å². The van der Waals surface area contributed by atoms with Gasteiger partial charge >= 0.3 is 12.3 Å². The molecule has 29 heavy (non-hydrogen) atoms. The Morgan fingerprint density at radius 3 is 2.38 bits per heavy atom. The highest BCUT2D eigenvalue weighted by atomic mass is 19.4. The highest BCUT2D eigenvalue weighted by Crippen LogP contribution is 2.33. The molecule has 0 saturated carbocycles. The first kappa shape index (κ1) is 22.5. The van der Waals surface area contributed by atoms with Gasteiger partial charge in [0.25, 0.3) is 0 Å². The molecule has 5 nitrogen and oxygen atoms in total. The number of carbonyl (C=O) groups excluding carboxylic acids is 1. The van der Waals surface area contributed by atoms with Crippen molar-refractivity contribution in [2.45, 2.75) is 52.9 Å². The minimum atomic E-state index is -4.53. The Kier molecular flexibility index (Phi) is 6.45. The number of carbonyl (C=O) groups is 1. The average Bonchev–Trinajstić information content (AvgIpc) is 2.59. The molecule has 0 aliphatic heterocycles. The molecule has 2 aromatic rings. The second-order valence-corrected chi connectivity index (χ2v) is 7.66. The van der Waals surface area contributed by atoms with Crippen molar-refractivity contribution in [3.05, 3.63) is 52.8 Å². The van der Waals surface area contributed by atoms with Crippen molar-refractivity contribution < 1.29 is 27.4 Å². The zero-order chi connectivity index (χ0) is 22.0. The summed E-state index contributed by atoms with van der Waals surface area (Å²) in [5, 5.41) is 0. The van der Waals surface area contributed by atoms with Crippen LogP contribution in [0.3, 0.4) is 0 Å². The fraction of sp³-hybridized carbons (Fsp3) is 0.429. The van der Waals surface area contributed by atoms with Crippen molar-refractivity contribution in [2.24, 2.45) is 0 Å². The Balaban J connectivity index is 2.51. The SMILES string of the molecule is COc1c(C)cnc(CN(C(=O)OC(C)(C)C)c2cccc(C(F)(F)F)c2)c1C. The van der Waals surface area contributed by atoms with Gasteiger partial charge in [0.1, 0.15) is 11.4 Å². The van der Waals surface area contributed by atoms with Gasteiger partial charge in [-0.15, -0.1) is 0 Å².